The highest BCUT2D eigenvalue weighted by atomic mass is 79.9. The van der Waals surface area contributed by atoms with Gasteiger partial charge in [-0.3, -0.25) is 0 Å². The fourth-order valence-corrected chi connectivity index (χ4v) is 2.29. The summed E-state index contributed by atoms with van der Waals surface area (Å²) in [5.74, 6) is 1.42. The lowest BCUT2D eigenvalue weighted by Crippen LogP contribution is -2.14. The van der Waals surface area contributed by atoms with Crippen LogP contribution in [0.25, 0.3) is 0 Å². The SMILES string of the molecule is C=C(Br)COc1c(Br)cc(CNCCC)cc1OC. The van der Waals surface area contributed by atoms with Crippen molar-refractivity contribution in [1.29, 1.82) is 0 Å². The molecule has 0 radical (unpaired) electrons. The van der Waals surface area contributed by atoms with Crippen molar-refractivity contribution in [2.75, 3.05) is 20.3 Å². The summed E-state index contributed by atoms with van der Waals surface area (Å²) in [6.45, 7) is 8.12. The van der Waals surface area contributed by atoms with Gasteiger partial charge in [0.05, 0.1) is 11.6 Å². The molecule has 1 rings (SSSR count). The molecular formula is C14H19Br2NO2. The molecule has 0 fully saturated rings. The van der Waals surface area contributed by atoms with Crippen LogP contribution in [-0.2, 0) is 6.54 Å². The van der Waals surface area contributed by atoms with E-state index >= 15 is 0 Å². The summed E-state index contributed by atoms with van der Waals surface area (Å²) in [5.41, 5.74) is 1.15. The second kappa shape index (κ2) is 8.61. The van der Waals surface area contributed by atoms with Gasteiger partial charge in [0, 0.05) is 11.0 Å². The van der Waals surface area contributed by atoms with Crippen LogP contribution in [0.3, 0.4) is 0 Å². The average molecular weight is 393 g/mol. The van der Waals surface area contributed by atoms with Crippen LogP contribution in [-0.4, -0.2) is 20.3 Å². The molecule has 0 saturated heterocycles. The standard InChI is InChI=1S/C14H19Br2NO2/c1-4-5-17-8-11-6-12(16)14(13(7-11)18-3)19-9-10(2)15/h6-7,17H,2,4-5,8-9H2,1,3H3. The minimum absolute atomic E-state index is 0.405. The Bertz CT molecular complexity index is 436. The number of methoxy groups -OCH3 is 1. The van der Waals surface area contributed by atoms with Crippen LogP contribution in [0, 0.1) is 0 Å². The van der Waals surface area contributed by atoms with Crippen LogP contribution in [0.2, 0.25) is 0 Å². The molecule has 1 N–H and O–H groups in total. The van der Waals surface area contributed by atoms with Crippen molar-refractivity contribution in [2.45, 2.75) is 19.9 Å². The van der Waals surface area contributed by atoms with E-state index in [1.54, 1.807) is 7.11 Å². The summed E-state index contributed by atoms with van der Waals surface area (Å²) in [5, 5.41) is 3.36. The third-order valence-electron chi connectivity index (χ3n) is 2.42. The number of halogens is 2. The second-order valence-corrected chi connectivity index (χ2v) is 6.07. The number of rotatable bonds is 8. The fraction of sp³-hybridized carbons (Fsp3) is 0.429. The van der Waals surface area contributed by atoms with Crippen LogP contribution < -0.4 is 14.8 Å². The topological polar surface area (TPSA) is 30.5 Å². The predicted octanol–water partition coefficient (Wildman–Crippen LogP) is 4.24. The molecule has 0 aliphatic carbocycles. The first-order chi connectivity index (χ1) is 9.08. The molecule has 0 spiro atoms. The molecule has 5 heteroatoms. The van der Waals surface area contributed by atoms with Gasteiger partial charge in [0.1, 0.15) is 6.61 Å². The van der Waals surface area contributed by atoms with E-state index in [2.05, 4.69) is 50.7 Å². The molecule has 3 nitrogen and oxygen atoms in total. The molecule has 0 aliphatic heterocycles. The van der Waals surface area contributed by atoms with Crippen molar-refractivity contribution in [3.8, 4) is 11.5 Å². The van der Waals surface area contributed by atoms with Gasteiger partial charge in [-0.15, -0.1) is 0 Å². The maximum absolute atomic E-state index is 5.66. The molecule has 0 aliphatic rings. The normalized spacial score (nSPS) is 10.3. The summed E-state index contributed by atoms with van der Waals surface area (Å²) in [6, 6.07) is 4.03. The average Bonchev–Trinajstić information content (AvgIpc) is 2.37. The van der Waals surface area contributed by atoms with E-state index in [-0.39, 0.29) is 0 Å². The molecule has 0 unspecified atom stereocenters. The zero-order chi connectivity index (χ0) is 14.3. The van der Waals surface area contributed by atoms with Crippen LogP contribution in [0.4, 0.5) is 0 Å². The fourth-order valence-electron chi connectivity index (χ4n) is 1.58. The molecule has 0 saturated carbocycles. The number of ether oxygens (including phenoxy) is 2. The Morgan fingerprint density at radius 2 is 2.16 bits per heavy atom. The van der Waals surface area contributed by atoms with Gasteiger partial charge in [0.25, 0.3) is 0 Å². The predicted molar refractivity (Wildman–Crippen MR) is 86.3 cm³/mol. The lowest BCUT2D eigenvalue weighted by molar-refractivity contribution is 0.322. The van der Waals surface area contributed by atoms with Gasteiger partial charge in [-0.05, 0) is 46.6 Å². The molecule has 19 heavy (non-hydrogen) atoms. The maximum Gasteiger partial charge on any atom is 0.175 e. The first kappa shape index (κ1) is 16.5. The third-order valence-corrected chi connectivity index (χ3v) is 3.24. The Morgan fingerprint density at radius 1 is 1.42 bits per heavy atom. The molecule has 1 aromatic rings. The highest BCUT2D eigenvalue weighted by Gasteiger charge is 2.11. The van der Waals surface area contributed by atoms with Crippen molar-refractivity contribution >= 4 is 31.9 Å². The van der Waals surface area contributed by atoms with Gasteiger partial charge in [-0.25, -0.2) is 0 Å². The number of benzene rings is 1. The summed E-state index contributed by atoms with van der Waals surface area (Å²) >= 11 is 6.79. The van der Waals surface area contributed by atoms with Gasteiger partial charge >= 0.3 is 0 Å². The van der Waals surface area contributed by atoms with Gasteiger partial charge in [-0.2, -0.15) is 0 Å². The number of hydrogen-bond donors (Lipinski definition) is 1. The van der Waals surface area contributed by atoms with Gasteiger partial charge in [0.15, 0.2) is 11.5 Å². The first-order valence-electron chi connectivity index (χ1n) is 6.11. The monoisotopic (exact) mass is 391 g/mol. The van der Waals surface area contributed by atoms with E-state index in [4.69, 9.17) is 9.47 Å². The van der Waals surface area contributed by atoms with Crippen LogP contribution in [0.1, 0.15) is 18.9 Å². The van der Waals surface area contributed by atoms with Gasteiger partial charge < -0.3 is 14.8 Å². The second-order valence-electron chi connectivity index (χ2n) is 4.09. The van der Waals surface area contributed by atoms with E-state index in [9.17, 15) is 0 Å². The van der Waals surface area contributed by atoms with E-state index in [0.717, 1.165) is 39.8 Å². The number of nitrogens with one attached hydrogen (secondary N) is 1. The Labute approximate surface area is 131 Å². The smallest absolute Gasteiger partial charge is 0.175 e. The van der Waals surface area contributed by atoms with E-state index in [1.165, 1.54) is 0 Å². The lowest BCUT2D eigenvalue weighted by atomic mass is 10.2. The molecule has 0 bridgehead atoms. The van der Waals surface area contributed by atoms with Crippen LogP contribution >= 0.6 is 31.9 Å². The summed E-state index contributed by atoms with van der Waals surface area (Å²) in [6.07, 6.45) is 1.12. The van der Waals surface area contributed by atoms with E-state index in [0.29, 0.717) is 12.4 Å². The summed E-state index contributed by atoms with van der Waals surface area (Å²) < 4.78 is 12.7. The number of hydrogen-bond acceptors (Lipinski definition) is 3. The van der Waals surface area contributed by atoms with Crippen molar-refractivity contribution in [3.63, 3.8) is 0 Å². The zero-order valence-electron chi connectivity index (χ0n) is 11.3. The minimum atomic E-state index is 0.405. The zero-order valence-corrected chi connectivity index (χ0v) is 14.4. The molecular weight excluding hydrogens is 374 g/mol. The Balaban J connectivity index is 2.84. The Kier molecular flexibility index (Phi) is 7.49. The summed E-state index contributed by atoms with van der Waals surface area (Å²) in [7, 11) is 1.64. The minimum Gasteiger partial charge on any atom is -0.493 e. The van der Waals surface area contributed by atoms with E-state index in [1.807, 2.05) is 12.1 Å². The summed E-state index contributed by atoms with van der Waals surface area (Å²) in [4.78, 5) is 0. The first-order valence-corrected chi connectivity index (χ1v) is 7.70. The van der Waals surface area contributed by atoms with Crippen LogP contribution in [0.15, 0.2) is 27.7 Å². The molecule has 0 atom stereocenters. The highest BCUT2D eigenvalue weighted by molar-refractivity contribution is 9.11. The molecule has 1 aromatic carbocycles. The van der Waals surface area contributed by atoms with Crippen LogP contribution in [0.5, 0.6) is 11.5 Å². The van der Waals surface area contributed by atoms with Gasteiger partial charge in [0.2, 0.25) is 0 Å². The Hall–Kier alpha value is -0.520. The maximum atomic E-state index is 5.66. The molecule has 106 valence electrons. The quantitative estimate of drug-likeness (QED) is 0.671. The molecule has 0 aromatic heterocycles. The van der Waals surface area contributed by atoms with Gasteiger partial charge in [-0.1, -0.05) is 29.4 Å². The van der Waals surface area contributed by atoms with Crippen molar-refractivity contribution in [2.24, 2.45) is 0 Å². The Morgan fingerprint density at radius 3 is 2.74 bits per heavy atom. The largest absolute Gasteiger partial charge is 0.493 e. The highest BCUT2D eigenvalue weighted by Crippen LogP contribution is 2.37. The molecule has 0 heterocycles. The van der Waals surface area contributed by atoms with Crippen molar-refractivity contribution in [1.82, 2.24) is 5.32 Å². The lowest BCUT2D eigenvalue weighted by Gasteiger charge is -2.14. The van der Waals surface area contributed by atoms with E-state index < -0.39 is 0 Å². The molecule has 0 amide bonds. The van der Waals surface area contributed by atoms with Crippen molar-refractivity contribution < 1.29 is 9.47 Å². The van der Waals surface area contributed by atoms with Crippen molar-refractivity contribution in [3.05, 3.63) is 33.2 Å². The third kappa shape index (κ3) is 5.55.